The molecule has 10 aromatic rings. The predicted molar refractivity (Wildman–Crippen MR) is 383 cm³/mol. The van der Waals surface area contributed by atoms with E-state index < -0.39 is 15.8 Å². The Morgan fingerprint density at radius 1 is 0.293 bits per heavy atom. The number of methoxy groups -OCH3 is 2. The van der Waals surface area contributed by atoms with Crippen molar-refractivity contribution in [2.75, 3.05) is 27.4 Å². The van der Waals surface area contributed by atoms with Crippen LogP contribution in [0.3, 0.4) is 0 Å². The molecule has 6 nitrogen and oxygen atoms in total. The van der Waals surface area contributed by atoms with Crippen molar-refractivity contribution in [3.63, 3.8) is 0 Å². The average Bonchev–Trinajstić information content (AvgIpc) is 0.786. The van der Waals surface area contributed by atoms with Crippen molar-refractivity contribution < 1.29 is 64.8 Å². The van der Waals surface area contributed by atoms with Crippen LogP contribution in [0.25, 0.3) is 21.3 Å². The number of nitrogens with zero attached hydrogens (tertiary/aromatic N) is 4. The molecule has 470 valence electrons. The number of benzene rings is 10. The molecule has 0 saturated heterocycles. The molecule has 92 heavy (non-hydrogen) atoms. The number of hydrogen-bond acceptors (Lipinski definition) is 2. The normalized spacial score (nSPS) is 10.5. The molecule has 0 bridgehead atoms. The molecule has 0 unspecified atom stereocenters. The van der Waals surface area contributed by atoms with Crippen molar-refractivity contribution >= 4 is 93.2 Å². The third kappa shape index (κ3) is 19.8. The second-order valence-electron chi connectivity index (χ2n) is 22.6. The molecule has 0 saturated carbocycles. The van der Waals surface area contributed by atoms with Crippen LogP contribution in [0.2, 0.25) is 0 Å². The Morgan fingerprint density at radius 2 is 0.489 bits per heavy atom. The zero-order valence-electron chi connectivity index (χ0n) is 54.9. The minimum atomic E-state index is -1.95. The first-order valence-corrected chi connectivity index (χ1v) is 32.3. The smallest absolute Gasteiger partial charge is 0.654 e. The summed E-state index contributed by atoms with van der Waals surface area (Å²) in [5.41, 5.74) is 19.3. The van der Waals surface area contributed by atoms with Crippen LogP contribution in [-0.2, 0) is 9.47 Å². The molecular formula is C78H86F4Li2N4O2P2. The number of aryl methyl sites for hydroxylation is 12. The van der Waals surface area contributed by atoms with E-state index in [0.29, 0.717) is 36.0 Å². The van der Waals surface area contributed by atoms with Crippen molar-refractivity contribution in [3.05, 3.63) is 293 Å². The van der Waals surface area contributed by atoms with E-state index in [9.17, 15) is 0 Å². The van der Waals surface area contributed by atoms with Gasteiger partial charge in [-0.2, -0.15) is 0 Å². The van der Waals surface area contributed by atoms with Gasteiger partial charge in [0.05, 0.1) is 50.3 Å². The Balaban J connectivity index is 0.000000346. The fraction of sp³-hybridized carbons (Fsp3) is 0.231. The molecule has 0 spiro atoms. The molecule has 0 fully saturated rings. The van der Waals surface area contributed by atoms with Crippen LogP contribution in [0.5, 0.6) is 0 Å². The van der Waals surface area contributed by atoms with Crippen LogP contribution in [0, 0.1) is 106 Å². The van der Waals surface area contributed by atoms with Gasteiger partial charge in [-0.3, -0.25) is 0 Å². The third-order valence-corrected chi connectivity index (χ3v) is 20.6. The summed E-state index contributed by atoms with van der Waals surface area (Å²) in [5.74, 6) is -1.41. The summed E-state index contributed by atoms with van der Waals surface area (Å²) in [6.45, 7) is 26.0. The largest absolute Gasteiger partial charge is 1.00 e. The molecule has 0 amide bonds. The molecule has 0 radical (unpaired) electrons. The molecule has 0 aliphatic rings. The minimum Gasteiger partial charge on any atom is -0.654 e. The van der Waals surface area contributed by atoms with E-state index in [0.717, 1.165) is 99.1 Å². The summed E-state index contributed by atoms with van der Waals surface area (Å²) >= 11 is 0. The molecule has 0 N–H and O–H groups in total. The van der Waals surface area contributed by atoms with Crippen LogP contribution in [0.1, 0.15) is 81.6 Å². The van der Waals surface area contributed by atoms with E-state index in [2.05, 4.69) is 85.7 Å². The molecule has 0 heterocycles. The summed E-state index contributed by atoms with van der Waals surface area (Å²) in [6.07, 6.45) is 0. The standard InChI is InChI=1S/2C36H33F2N2P.C4H10O2.2CH4.2Li/c2*1-22-16-24(3)35(25(4)17-22)39-31-14-12-28(37)20-33(31)41(30-10-8-7-9-11-30)34-21-29(38)13-15-32(34)40-36-26(5)18-23(2)19-27(36)6;1-5-3-4-6-2;;;;/h2*7-21H,1-6H3;3-4H2,1-2H3;2*1H4;;/q2*-2;;;;2*+1/p+2. The summed E-state index contributed by atoms with van der Waals surface area (Å²) in [5, 5.41) is 25.4. The van der Waals surface area contributed by atoms with Crippen molar-refractivity contribution in [3.8, 4) is 0 Å². The first-order valence-electron chi connectivity index (χ1n) is 29.3. The van der Waals surface area contributed by atoms with E-state index in [1.165, 1.54) is 46.5 Å². The van der Waals surface area contributed by atoms with Gasteiger partial charge in [0.1, 0.15) is 33.9 Å². The van der Waals surface area contributed by atoms with Gasteiger partial charge in [0.2, 0.25) is 0 Å². The predicted octanol–water partition coefficient (Wildman–Crippen LogP) is 15.5. The van der Waals surface area contributed by atoms with E-state index in [4.69, 9.17) is 21.3 Å². The Hall–Kier alpha value is -6.91. The molecule has 14 heteroatoms. The number of hydrogen-bond donors (Lipinski definition) is 0. The van der Waals surface area contributed by atoms with E-state index >= 15 is 17.6 Å². The van der Waals surface area contributed by atoms with Crippen LogP contribution >= 0.6 is 15.8 Å². The monoisotopic (exact) mass is 1260 g/mol. The van der Waals surface area contributed by atoms with Gasteiger partial charge in [0.25, 0.3) is 0 Å². The Morgan fingerprint density at radius 3 is 0.674 bits per heavy atom. The maximum atomic E-state index is 15.0. The van der Waals surface area contributed by atoms with Crippen molar-refractivity contribution in [1.29, 1.82) is 0 Å². The fourth-order valence-corrected chi connectivity index (χ4v) is 17.0. The molecule has 0 aliphatic heterocycles. The Bertz CT molecular complexity index is 3510. The molecular weight excluding hydrogens is 1180 g/mol. The zero-order chi connectivity index (χ0) is 63.3. The van der Waals surface area contributed by atoms with Crippen LogP contribution in [-0.4, -0.2) is 27.4 Å². The van der Waals surface area contributed by atoms with Gasteiger partial charge in [-0.1, -0.05) is 214 Å². The minimum absolute atomic E-state index is 0. The van der Waals surface area contributed by atoms with Crippen LogP contribution < -0.4 is 69.5 Å². The summed E-state index contributed by atoms with van der Waals surface area (Å²) in [7, 11) is -0.603. The molecule has 10 aromatic carbocycles. The number of halogens is 4. The summed E-state index contributed by atoms with van der Waals surface area (Å²) < 4.78 is 69.5. The molecule has 0 aromatic heterocycles. The number of rotatable bonds is 17. The third-order valence-electron chi connectivity index (χ3n) is 15.0. The maximum Gasteiger partial charge on any atom is 1.00 e. The van der Waals surface area contributed by atoms with Gasteiger partial charge in [-0.15, -0.1) is 22.7 Å². The van der Waals surface area contributed by atoms with Gasteiger partial charge >= 0.3 is 37.7 Å². The fourth-order valence-electron chi connectivity index (χ4n) is 11.4. The van der Waals surface area contributed by atoms with E-state index in [-0.39, 0.29) is 75.8 Å². The maximum absolute atomic E-state index is 15.0. The Labute approximate surface area is 572 Å². The van der Waals surface area contributed by atoms with Gasteiger partial charge in [-0.05, 0) is 132 Å². The van der Waals surface area contributed by atoms with Crippen molar-refractivity contribution in [2.45, 2.75) is 97.9 Å². The van der Waals surface area contributed by atoms with Gasteiger partial charge in [0.15, 0.2) is 0 Å². The molecule has 0 aliphatic carbocycles. The number of ether oxygens (including phenoxy) is 2. The van der Waals surface area contributed by atoms with Gasteiger partial charge in [-0.25, -0.2) is 17.6 Å². The van der Waals surface area contributed by atoms with Crippen molar-refractivity contribution in [1.82, 2.24) is 0 Å². The van der Waals surface area contributed by atoms with E-state index in [1.54, 1.807) is 62.8 Å². The SMILES string of the molecule is C.C.COCCOC.Cc1cc(C)c([N-]c2ccc(F)cc2[PH+](c2ccccc2)c2cc(F)ccc2[N-]c2c(C)cc(C)cc2C)c(C)c1.Cc1cc(C)c([N-]c2ccc(F)cc2[PH+](c2ccccc2)c2cc(F)ccc2[N-]c2c(C)cc(C)cc2C)c(C)c1.[Li+].[Li+]. The summed E-state index contributed by atoms with van der Waals surface area (Å²) in [4.78, 5) is 0. The summed E-state index contributed by atoms with van der Waals surface area (Å²) in [6, 6.07) is 55.7. The van der Waals surface area contributed by atoms with E-state index in [1.807, 2.05) is 116 Å². The second kappa shape index (κ2) is 35.9. The molecule has 0 atom stereocenters. The average molecular weight is 1260 g/mol. The first-order chi connectivity index (χ1) is 42.1. The van der Waals surface area contributed by atoms with Crippen LogP contribution in [0.15, 0.2) is 182 Å². The van der Waals surface area contributed by atoms with Crippen LogP contribution in [0.4, 0.5) is 63.1 Å². The molecule has 10 rings (SSSR count). The first kappa shape index (κ1) is 77.5. The zero-order valence-corrected chi connectivity index (χ0v) is 56.9. The Kier molecular flexibility index (Phi) is 30.3. The topological polar surface area (TPSA) is 74.9 Å². The van der Waals surface area contributed by atoms with Crippen molar-refractivity contribution in [2.24, 2.45) is 0 Å². The van der Waals surface area contributed by atoms with Gasteiger partial charge in [0, 0.05) is 38.5 Å². The quantitative estimate of drug-likeness (QED) is 0.0394. The van der Waals surface area contributed by atoms with Gasteiger partial charge < -0.3 is 30.7 Å². The second-order valence-corrected chi connectivity index (χ2v) is 27.4.